The molecule has 3 amide bonds. The molecule has 0 spiro atoms. The van der Waals surface area contributed by atoms with Crippen molar-refractivity contribution >= 4 is 35.2 Å². The maximum atomic E-state index is 11.8. The summed E-state index contributed by atoms with van der Waals surface area (Å²) < 4.78 is 0. The number of carbonyl (C=O) groups excluding carboxylic acids is 3. The summed E-state index contributed by atoms with van der Waals surface area (Å²) in [5.74, 6) is -0.340. The molecule has 23 heavy (non-hydrogen) atoms. The second-order valence-electron chi connectivity index (χ2n) is 5.09. The van der Waals surface area contributed by atoms with Gasteiger partial charge in [-0.1, -0.05) is 12.1 Å². The Morgan fingerprint density at radius 1 is 1.17 bits per heavy atom. The maximum absolute atomic E-state index is 11.8. The minimum Gasteiger partial charge on any atom is -0.355 e. The van der Waals surface area contributed by atoms with Crippen LogP contribution in [0.2, 0.25) is 0 Å². The van der Waals surface area contributed by atoms with Crippen LogP contribution in [-0.2, 0) is 14.4 Å². The van der Waals surface area contributed by atoms with E-state index in [1.54, 1.807) is 6.92 Å². The Kier molecular flexibility index (Phi) is 8.18. The van der Waals surface area contributed by atoms with Crippen molar-refractivity contribution in [2.45, 2.75) is 26.8 Å². The molecule has 1 rings (SSSR count). The van der Waals surface area contributed by atoms with Gasteiger partial charge in [-0.15, -0.1) is 11.8 Å². The Labute approximate surface area is 140 Å². The third-order valence-electron chi connectivity index (χ3n) is 2.89. The molecule has 0 aliphatic heterocycles. The van der Waals surface area contributed by atoms with Gasteiger partial charge in [0.05, 0.1) is 11.5 Å². The molecule has 0 bridgehead atoms. The van der Waals surface area contributed by atoms with Gasteiger partial charge in [0.15, 0.2) is 0 Å². The smallest absolute Gasteiger partial charge is 0.242 e. The van der Waals surface area contributed by atoms with Crippen LogP contribution in [-0.4, -0.2) is 41.8 Å². The Balaban J connectivity index is 2.26. The fourth-order valence-electron chi connectivity index (χ4n) is 1.83. The first kappa shape index (κ1) is 19.0. The van der Waals surface area contributed by atoms with Crippen LogP contribution in [0, 0.1) is 6.92 Å². The molecule has 126 valence electrons. The second kappa shape index (κ2) is 9.89. The van der Waals surface area contributed by atoms with Crippen LogP contribution < -0.4 is 16.0 Å². The van der Waals surface area contributed by atoms with Gasteiger partial charge in [-0.2, -0.15) is 0 Å². The number of hydrogen-bond donors (Lipinski definition) is 3. The quantitative estimate of drug-likeness (QED) is 0.667. The lowest BCUT2D eigenvalue weighted by atomic mass is 10.2. The first-order valence-electron chi connectivity index (χ1n) is 7.43. The number of rotatable bonds is 8. The number of likely N-dealkylation sites (N-methyl/N-ethyl adjacent to an activating group) is 1. The summed E-state index contributed by atoms with van der Waals surface area (Å²) in [7, 11) is 0. The standard InChI is InChI=1S/C16H23N3O3S/c1-4-17-16(22)12(3)18-14(20)9-23-10-15(21)19-13-7-5-6-11(2)8-13/h5-8,12H,4,9-10H2,1-3H3,(H,17,22)(H,18,20)(H,19,21)/t12-/m1/s1. The molecular formula is C16H23N3O3S. The zero-order chi connectivity index (χ0) is 17.2. The average Bonchev–Trinajstić information content (AvgIpc) is 2.47. The minimum absolute atomic E-state index is 0.130. The third kappa shape index (κ3) is 7.69. The molecule has 1 atom stereocenters. The van der Waals surface area contributed by atoms with Crippen LogP contribution in [0.5, 0.6) is 0 Å². The van der Waals surface area contributed by atoms with Crippen molar-refractivity contribution in [3.8, 4) is 0 Å². The lowest BCUT2D eigenvalue weighted by Gasteiger charge is -2.13. The van der Waals surface area contributed by atoms with Crippen molar-refractivity contribution in [3.05, 3.63) is 29.8 Å². The predicted molar refractivity (Wildman–Crippen MR) is 93.4 cm³/mol. The predicted octanol–water partition coefficient (Wildman–Crippen LogP) is 1.31. The van der Waals surface area contributed by atoms with E-state index in [0.29, 0.717) is 6.54 Å². The maximum Gasteiger partial charge on any atom is 0.242 e. The van der Waals surface area contributed by atoms with Crippen LogP contribution in [0.25, 0.3) is 0 Å². The highest BCUT2D eigenvalue weighted by Crippen LogP contribution is 2.10. The summed E-state index contributed by atoms with van der Waals surface area (Å²) in [5, 5.41) is 8.00. The Morgan fingerprint density at radius 2 is 1.87 bits per heavy atom. The van der Waals surface area contributed by atoms with Gasteiger partial charge in [-0.05, 0) is 38.5 Å². The first-order valence-corrected chi connectivity index (χ1v) is 8.59. The second-order valence-corrected chi connectivity index (χ2v) is 6.08. The Bertz CT molecular complexity index is 563. The fourth-order valence-corrected chi connectivity index (χ4v) is 2.46. The zero-order valence-electron chi connectivity index (χ0n) is 13.6. The van der Waals surface area contributed by atoms with E-state index in [9.17, 15) is 14.4 Å². The number of benzene rings is 1. The third-order valence-corrected chi connectivity index (χ3v) is 3.82. The zero-order valence-corrected chi connectivity index (χ0v) is 14.5. The molecular weight excluding hydrogens is 314 g/mol. The molecule has 6 nitrogen and oxygen atoms in total. The summed E-state index contributed by atoms with van der Waals surface area (Å²) in [4.78, 5) is 35.0. The largest absolute Gasteiger partial charge is 0.355 e. The molecule has 0 aliphatic carbocycles. The fraction of sp³-hybridized carbons (Fsp3) is 0.438. The van der Waals surface area contributed by atoms with Crippen LogP contribution >= 0.6 is 11.8 Å². The molecule has 3 N–H and O–H groups in total. The van der Waals surface area contributed by atoms with E-state index >= 15 is 0 Å². The lowest BCUT2D eigenvalue weighted by Crippen LogP contribution is -2.45. The number of nitrogens with one attached hydrogen (secondary N) is 3. The van der Waals surface area contributed by atoms with Crippen molar-refractivity contribution < 1.29 is 14.4 Å². The van der Waals surface area contributed by atoms with Gasteiger partial charge in [0, 0.05) is 12.2 Å². The van der Waals surface area contributed by atoms with E-state index in [4.69, 9.17) is 0 Å². The average molecular weight is 337 g/mol. The minimum atomic E-state index is -0.579. The molecule has 0 saturated heterocycles. The molecule has 0 aromatic heterocycles. The molecule has 0 fully saturated rings. The molecule has 0 radical (unpaired) electrons. The van der Waals surface area contributed by atoms with Gasteiger partial charge in [-0.25, -0.2) is 0 Å². The van der Waals surface area contributed by atoms with Gasteiger partial charge in [-0.3, -0.25) is 14.4 Å². The Hall–Kier alpha value is -2.02. The van der Waals surface area contributed by atoms with E-state index in [1.165, 1.54) is 11.8 Å². The number of carbonyl (C=O) groups is 3. The van der Waals surface area contributed by atoms with Crippen LogP contribution in [0.15, 0.2) is 24.3 Å². The molecule has 1 aromatic rings. The molecule has 7 heteroatoms. The van der Waals surface area contributed by atoms with Gasteiger partial charge < -0.3 is 16.0 Å². The summed E-state index contributed by atoms with van der Waals surface area (Å²) in [6, 6.07) is 6.93. The van der Waals surface area contributed by atoms with Crippen molar-refractivity contribution in [1.29, 1.82) is 0 Å². The van der Waals surface area contributed by atoms with E-state index in [1.807, 2.05) is 38.1 Å². The van der Waals surface area contributed by atoms with Gasteiger partial charge in [0.1, 0.15) is 6.04 Å². The van der Waals surface area contributed by atoms with E-state index in [-0.39, 0.29) is 29.2 Å². The number of thioether (sulfide) groups is 1. The summed E-state index contributed by atoms with van der Waals surface area (Å²) in [6.45, 7) is 5.91. The van der Waals surface area contributed by atoms with E-state index in [2.05, 4.69) is 16.0 Å². The number of aryl methyl sites for hydroxylation is 1. The lowest BCUT2D eigenvalue weighted by molar-refractivity contribution is -0.127. The van der Waals surface area contributed by atoms with E-state index in [0.717, 1.165) is 11.3 Å². The van der Waals surface area contributed by atoms with Crippen molar-refractivity contribution in [1.82, 2.24) is 10.6 Å². The Morgan fingerprint density at radius 3 is 2.52 bits per heavy atom. The first-order chi connectivity index (χ1) is 10.9. The SMILES string of the molecule is CCNC(=O)[C@@H](C)NC(=O)CSCC(=O)Nc1cccc(C)c1. The monoisotopic (exact) mass is 337 g/mol. The van der Waals surface area contributed by atoms with Crippen molar-refractivity contribution in [2.75, 3.05) is 23.4 Å². The molecule has 0 saturated carbocycles. The van der Waals surface area contributed by atoms with Crippen molar-refractivity contribution in [2.24, 2.45) is 0 Å². The van der Waals surface area contributed by atoms with Gasteiger partial charge in [0.25, 0.3) is 0 Å². The normalized spacial score (nSPS) is 11.4. The van der Waals surface area contributed by atoms with E-state index < -0.39 is 6.04 Å². The number of anilines is 1. The summed E-state index contributed by atoms with van der Waals surface area (Å²) >= 11 is 1.20. The van der Waals surface area contributed by atoms with Crippen LogP contribution in [0.4, 0.5) is 5.69 Å². The molecule has 0 aliphatic rings. The van der Waals surface area contributed by atoms with Crippen LogP contribution in [0.3, 0.4) is 0 Å². The van der Waals surface area contributed by atoms with Gasteiger partial charge >= 0.3 is 0 Å². The van der Waals surface area contributed by atoms with Crippen LogP contribution in [0.1, 0.15) is 19.4 Å². The van der Waals surface area contributed by atoms with Crippen molar-refractivity contribution in [3.63, 3.8) is 0 Å². The summed E-state index contributed by atoms with van der Waals surface area (Å²) in [6.07, 6.45) is 0. The topological polar surface area (TPSA) is 87.3 Å². The number of hydrogen-bond acceptors (Lipinski definition) is 4. The highest BCUT2D eigenvalue weighted by atomic mass is 32.2. The highest BCUT2D eigenvalue weighted by Gasteiger charge is 2.14. The summed E-state index contributed by atoms with van der Waals surface area (Å²) in [5.41, 5.74) is 1.80. The molecule has 0 heterocycles. The highest BCUT2D eigenvalue weighted by molar-refractivity contribution is 8.00. The number of amides is 3. The molecule has 1 aromatic carbocycles. The van der Waals surface area contributed by atoms with Gasteiger partial charge in [0.2, 0.25) is 17.7 Å². The molecule has 0 unspecified atom stereocenters.